The van der Waals surface area contributed by atoms with Crippen molar-refractivity contribution in [1.82, 2.24) is 0 Å². The van der Waals surface area contributed by atoms with E-state index in [1.54, 1.807) is 6.92 Å². The molecule has 0 aliphatic heterocycles. The van der Waals surface area contributed by atoms with Crippen LogP contribution in [0.2, 0.25) is 0 Å². The molecule has 8 heavy (non-hydrogen) atoms. The molecule has 0 fully saturated rings. The molecular formula is C5H8N2O. The molecular weight excluding hydrogens is 104 g/mol. The summed E-state index contributed by atoms with van der Waals surface area (Å²) in [5.74, 6) is -0.155. The van der Waals surface area contributed by atoms with Crippen molar-refractivity contribution >= 4 is 5.78 Å². The Hall–Kier alpha value is -0.990. The van der Waals surface area contributed by atoms with E-state index in [2.05, 4.69) is 0 Å². The fraction of sp³-hybridized carbons (Fsp3) is 0.400. The fourth-order valence-corrected chi connectivity index (χ4v) is 0.672. The molecule has 0 bridgehead atoms. The molecule has 0 radical (unpaired) electrons. The minimum atomic E-state index is -0.130. The van der Waals surface area contributed by atoms with Gasteiger partial charge in [-0.05, 0) is 6.92 Å². The quantitative estimate of drug-likeness (QED) is 0.437. The molecule has 4 N–H and O–H groups in total. The summed E-state index contributed by atoms with van der Waals surface area (Å²) in [7, 11) is 0. The van der Waals surface area contributed by atoms with Crippen molar-refractivity contribution in [2.24, 2.45) is 17.4 Å². The second kappa shape index (κ2) is 1.24. The number of ketones is 1. The van der Waals surface area contributed by atoms with Crippen molar-refractivity contribution in [3.63, 3.8) is 0 Å². The second-order valence-corrected chi connectivity index (χ2v) is 1.95. The van der Waals surface area contributed by atoms with Gasteiger partial charge in [0.25, 0.3) is 0 Å². The largest absolute Gasteiger partial charge is 0.400 e. The minimum absolute atomic E-state index is 0.0255. The van der Waals surface area contributed by atoms with Gasteiger partial charge in [0.15, 0.2) is 5.78 Å². The predicted molar refractivity (Wildman–Crippen MR) is 29.6 cm³/mol. The van der Waals surface area contributed by atoms with Crippen LogP contribution in [0, 0.1) is 5.92 Å². The van der Waals surface area contributed by atoms with Gasteiger partial charge in [-0.25, -0.2) is 0 Å². The number of nitrogens with two attached hydrogens (primary N) is 2. The van der Waals surface area contributed by atoms with E-state index in [0.29, 0.717) is 5.70 Å². The predicted octanol–water partition coefficient (Wildman–Crippen LogP) is -0.666. The van der Waals surface area contributed by atoms with E-state index in [0.717, 1.165) is 0 Å². The van der Waals surface area contributed by atoms with Gasteiger partial charge in [-0.2, -0.15) is 0 Å². The molecule has 0 aromatic carbocycles. The van der Waals surface area contributed by atoms with Crippen LogP contribution < -0.4 is 11.5 Å². The summed E-state index contributed by atoms with van der Waals surface area (Å²) in [4.78, 5) is 10.5. The zero-order valence-corrected chi connectivity index (χ0v) is 4.64. The molecule has 3 nitrogen and oxygen atoms in total. The SMILES string of the molecule is CC1C(=O)C(N)=C1N. The lowest BCUT2D eigenvalue weighted by molar-refractivity contribution is -0.120. The van der Waals surface area contributed by atoms with Crippen LogP contribution in [0.5, 0.6) is 0 Å². The van der Waals surface area contributed by atoms with Crippen LogP contribution in [-0.4, -0.2) is 5.78 Å². The van der Waals surface area contributed by atoms with Crippen LogP contribution in [0.4, 0.5) is 0 Å². The maximum absolute atomic E-state index is 10.5. The molecule has 44 valence electrons. The number of hydrogen-bond donors (Lipinski definition) is 2. The van der Waals surface area contributed by atoms with Gasteiger partial charge in [0.1, 0.15) is 0 Å². The Balaban J connectivity index is 2.90. The molecule has 0 spiro atoms. The van der Waals surface area contributed by atoms with E-state index < -0.39 is 0 Å². The van der Waals surface area contributed by atoms with Gasteiger partial charge in [-0.3, -0.25) is 4.79 Å². The number of allylic oxidation sites excluding steroid dienone is 2. The van der Waals surface area contributed by atoms with E-state index in [9.17, 15) is 4.79 Å². The third-order valence-corrected chi connectivity index (χ3v) is 1.44. The molecule has 0 saturated carbocycles. The molecule has 1 unspecified atom stereocenters. The Kier molecular flexibility index (Phi) is 0.802. The monoisotopic (exact) mass is 112 g/mol. The zero-order chi connectivity index (χ0) is 6.31. The summed E-state index contributed by atoms with van der Waals surface area (Å²) in [6, 6.07) is 0. The van der Waals surface area contributed by atoms with E-state index in [4.69, 9.17) is 11.5 Å². The molecule has 0 aromatic heterocycles. The van der Waals surface area contributed by atoms with Crippen LogP contribution >= 0.6 is 0 Å². The highest BCUT2D eigenvalue weighted by atomic mass is 16.1. The van der Waals surface area contributed by atoms with Crippen molar-refractivity contribution in [2.75, 3.05) is 0 Å². The van der Waals surface area contributed by atoms with Crippen LogP contribution in [0.25, 0.3) is 0 Å². The Labute approximate surface area is 47.3 Å². The highest BCUT2D eigenvalue weighted by Crippen LogP contribution is 2.21. The zero-order valence-electron chi connectivity index (χ0n) is 4.64. The molecule has 0 heterocycles. The number of carbonyl (C=O) groups excluding carboxylic acids is 1. The van der Waals surface area contributed by atoms with Crippen LogP contribution in [0.3, 0.4) is 0 Å². The van der Waals surface area contributed by atoms with E-state index in [1.165, 1.54) is 0 Å². The maximum Gasteiger partial charge on any atom is 0.188 e. The Morgan fingerprint density at radius 3 is 2.12 bits per heavy atom. The standard InChI is InChI=1S/C5H8N2O/c1-2-3(6)4(7)5(2)8/h2H,6-7H2,1H3. The first-order valence-corrected chi connectivity index (χ1v) is 2.44. The number of Topliss-reactive ketones (excluding diaryl/α,β-unsaturated/α-hetero) is 1. The highest BCUT2D eigenvalue weighted by molar-refractivity contribution is 6.05. The Morgan fingerprint density at radius 2 is 2.00 bits per heavy atom. The van der Waals surface area contributed by atoms with Crippen molar-refractivity contribution in [1.29, 1.82) is 0 Å². The molecule has 1 aliphatic rings. The lowest BCUT2D eigenvalue weighted by atomic mass is 9.88. The van der Waals surface area contributed by atoms with Gasteiger partial charge in [-0.15, -0.1) is 0 Å². The van der Waals surface area contributed by atoms with Gasteiger partial charge in [0.05, 0.1) is 11.6 Å². The van der Waals surface area contributed by atoms with Gasteiger partial charge < -0.3 is 11.5 Å². The number of hydrogen-bond acceptors (Lipinski definition) is 3. The van der Waals surface area contributed by atoms with Crippen molar-refractivity contribution in [2.45, 2.75) is 6.92 Å². The first-order valence-electron chi connectivity index (χ1n) is 2.44. The first-order chi connectivity index (χ1) is 3.64. The topological polar surface area (TPSA) is 69.1 Å². The summed E-state index contributed by atoms with van der Waals surface area (Å²) in [5, 5.41) is 0. The van der Waals surface area contributed by atoms with Crippen molar-refractivity contribution in [3.05, 3.63) is 11.4 Å². The van der Waals surface area contributed by atoms with E-state index >= 15 is 0 Å². The maximum atomic E-state index is 10.5. The number of carbonyl (C=O) groups is 1. The van der Waals surface area contributed by atoms with Crippen LogP contribution in [0.15, 0.2) is 11.4 Å². The number of rotatable bonds is 0. The minimum Gasteiger partial charge on any atom is -0.400 e. The molecule has 1 rings (SSSR count). The summed E-state index contributed by atoms with van der Waals surface area (Å²) in [6.07, 6.45) is 0. The van der Waals surface area contributed by atoms with E-state index in [-0.39, 0.29) is 17.4 Å². The molecule has 0 saturated heterocycles. The van der Waals surface area contributed by atoms with Gasteiger partial charge >= 0.3 is 0 Å². The van der Waals surface area contributed by atoms with Gasteiger partial charge in [-0.1, -0.05) is 0 Å². The second-order valence-electron chi connectivity index (χ2n) is 1.95. The smallest absolute Gasteiger partial charge is 0.188 e. The summed E-state index contributed by atoms with van der Waals surface area (Å²) in [5.41, 5.74) is 11.2. The first kappa shape index (κ1) is 5.15. The third kappa shape index (κ3) is 0.358. The van der Waals surface area contributed by atoms with E-state index in [1.807, 2.05) is 0 Å². The molecule has 0 aromatic rings. The average Bonchev–Trinajstić information content (AvgIpc) is 1.83. The normalized spacial score (nSPS) is 28.1. The van der Waals surface area contributed by atoms with Crippen molar-refractivity contribution < 1.29 is 4.79 Å². The molecule has 0 amide bonds. The van der Waals surface area contributed by atoms with Gasteiger partial charge in [0, 0.05) is 5.70 Å². The summed E-state index contributed by atoms with van der Waals surface area (Å²) >= 11 is 0. The average molecular weight is 112 g/mol. The third-order valence-electron chi connectivity index (χ3n) is 1.44. The molecule has 3 heteroatoms. The van der Waals surface area contributed by atoms with Crippen LogP contribution in [-0.2, 0) is 4.79 Å². The Morgan fingerprint density at radius 1 is 1.50 bits per heavy atom. The molecule has 1 atom stereocenters. The summed E-state index contributed by atoms with van der Waals surface area (Å²) in [6.45, 7) is 1.74. The van der Waals surface area contributed by atoms with Crippen molar-refractivity contribution in [3.8, 4) is 0 Å². The highest BCUT2D eigenvalue weighted by Gasteiger charge is 2.31. The fourth-order valence-electron chi connectivity index (χ4n) is 0.672. The van der Waals surface area contributed by atoms with Gasteiger partial charge in [0.2, 0.25) is 0 Å². The lowest BCUT2D eigenvalue weighted by Gasteiger charge is -2.22. The lowest BCUT2D eigenvalue weighted by Crippen LogP contribution is -2.37. The van der Waals surface area contributed by atoms with Crippen LogP contribution in [0.1, 0.15) is 6.92 Å². The Bertz CT molecular complexity index is 171. The molecule has 1 aliphatic carbocycles. The summed E-state index contributed by atoms with van der Waals surface area (Å²) < 4.78 is 0.